The molecule has 26 heavy (non-hydrogen) atoms. The summed E-state index contributed by atoms with van der Waals surface area (Å²) in [4.78, 5) is 9.08. The quantitative estimate of drug-likeness (QED) is 0.513. The molecule has 0 spiro atoms. The van der Waals surface area contributed by atoms with E-state index in [4.69, 9.17) is 0 Å². The molecule has 0 saturated heterocycles. The van der Waals surface area contributed by atoms with Crippen molar-refractivity contribution in [3.63, 3.8) is 0 Å². The van der Waals surface area contributed by atoms with Crippen LogP contribution >= 0.6 is 0 Å². The Morgan fingerprint density at radius 3 is 1.81 bits per heavy atom. The first-order chi connectivity index (χ1) is 12.8. The summed E-state index contributed by atoms with van der Waals surface area (Å²) in [5.74, 6) is 5.12. The fourth-order valence-corrected chi connectivity index (χ4v) is 5.42. The molecular weight excluding hydrogens is 316 g/mol. The van der Waals surface area contributed by atoms with Crippen LogP contribution in [0.15, 0.2) is 12.4 Å². The SMILES string of the molecule is CCCC[C@H]1CC[C@H]([C@H]2CC[C@H](CCc3ncc(CC)cn3)CC2)CC1. The predicted octanol–water partition coefficient (Wildman–Crippen LogP) is 6.77. The van der Waals surface area contributed by atoms with Crippen LogP contribution in [-0.4, -0.2) is 9.97 Å². The fourth-order valence-electron chi connectivity index (χ4n) is 5.42. The average molecular weight is 357 g/mol. The summed E-state index contributed by atoms with van der Waals surface area (Å²) < 4.78 is 0. The summed E-state index contributed by atoms with van der Waals surface area (Å²) in [6, 6.07) is 0. The highest BCUT2D eigenvalue weighted by Crippen LogP contribution is 2.42. The zero-order valence-electron chi connectivity index (χ0n) is 17.3. The van der Waals surface area contributed by atoms with Crippen molar-refractivity contribution in [3.05, 3.63) is 23.8 Å². The van der Waals surface area contributed by atoms with Gasteiger partial charge in [0.15, 0.2) is 0 Å². The smallest absolute Gasteiger partial charge is 0.128 e. The third-order valence-electron chi connectivity index (χ3n) is 7.36. The van der Waals surface area contributed by atoms with E-state index in [0.717, 1.165) is 42.3 Å². The first-order valence-electron chi connectivity index (χ1n) is 11.6. The maximum absolute atomic E-state index is 4.54. The zero-order chi connectivity index (χ0) is 18.2. The average Bonchev–Trinajstić information content (AvgIpc) is 2.72. The Balaban J connectivity index is 1.34. The van der Waals surface area contributed by atoms with Gasteiger partial charge in [-0.1, -0.05) is 58.8 Å². The third-order valence-corrected chi connectivity index (χ3v) is 7.36. The predicted molar refractivity (Wildman–Crippen MR) is 110 cm³/mol. The molecule has 0 radical (unpaired) electrons. The highest BCUT2D eigenvalue weighted by molar-refractivity contribution is 5.04. The van der Waals surface area contributed by atoms with Gasteiger partial charge in [-0.3, -0.25) is 0 Å². The molecule has 2 aliphatic carbocycles. The van der Waals surface area contributed by atoms with Crippen LogP contribution in [0.5, 0.6) is 0 Å². The maximum Gasteiger partial charge on any atom is 0.128 e. The van der Waals surface area contributed by atoms with Crippen molar-refractivity contribution >= 4 is 0 Å². The number of hydrogen-bond donors (Lipinski definition) is 0. The van der Waals surface area contributed by atoms with Crippen molar-refractivity contribution in [2.75, 3.05) is 0 Å². The molecule has 146 valence electrons. The summed E-state index contributed by atoms with van der Waals surface area (Å²) in [6.07, 6.45) is 23.7. The number of nitrogens with zero attached hydrogens (tertiary/aromatic N) is 2. The molecule has 0 aliphatic heterocycles. The van der Waals surface area contributed by atoms with Gasteiger partial charge in [-0.2, -0.15) is 0 Å². The van der Waals surface area contributed by atoms with E-state index in [-0.39, 0.29) is 0 Å². The molecule has 2 aliphatic rings. The van der Waals surface area contributed by atoms with Gasteiger partial charge in [-0.05, 0) is 67.8 Å². The zero-order valence-corrected chi connectivity index (χ0v) is 17.3. The van der Waals surface area contributed by atoms with Gasteiger partial charge in [0.1, 0.15) is 5.82 Å². The second-order valence-corrected chi connectivity index (χ2v) is 9.10. The summed E-state index contributed by atoms with van der Waals surface area (Å²) >= 11 is 0. The van der Waals surface area contributed by atoms with Gasteiger partial charge in [0.25, 0.3) is 0 Å². The van der Waals surface area contributed by atoms with Crippen LogP contribution in [0, 0.1) is 23.7 Å². The molecule has 1 heterocycles. The van der Waals surface area contributed by atoms with Crippen molar-refractivity contribution in [2.24, 2.45) is 23.7 Å². The first kappa shape index (κ1) is 19.8. The topological polar surface area (TPSA) is 25.8 Å². The largest absolute Gasteiger partial charge is 0.241 e. The highest BCUT2D eigenvalue weighted by Gasteiger charge is 2.30. The lowest BCUT2D eigenvalue weighted by Crippen LogP contribution is -2.26. The molecule has 2 fully saturated rings. The molecular formula is C24H40N2. The lowest BCUT2D eigenvalue weighted by molar-refractivity contribution is 0.140. The molecule has 3 rings (SSSR count). The van der Waals surface area contributed by atoms with Crippen LogP contribution in [0.2, 0.25) is 0 Å². The Morgan fingerprint density at radius 2 is 1.31 bits per heavy atom. The van der Waals surface area contributed by atoms with E-state index in [1.807, 2.05) is 12.4 Å². The highest BCUT2D eigenvalue weighted by atomic mass is 14.9. The summed E-state index contributed by atoms with van der Waals surface area (Å²) in [5.41, 5.74) is 1.25. The van der Waals surface area contributed by atoms with Crippen LogP contribution < -0.4 is 0 Å². The molecule has 2 heteroatoms. The first-order valence-corrected chi connectivity index (χ1v) is 11.6. The Kier molecular flexibility index (Phi) is 7.95. The van der Waals surface area contributed by atoms with Gasteiger partial charge in [0, 0.05) is 18.8 Å². The number of aryl methyl sites for hydroxylation is 2. The minimum Gasteiger partial charge on any atom is -0.241 e. The lowest BCUT2D eigenvalue weighted by atomic mass is 9.68. The normalized spacial score (nSPS) is 29.6. The number of aromatic nitrogens is 2. The second-order valence-electron chi connectivity index (χ2n) is 9.10. The van der Waals surface area contributed by atoms with Gasteiger partial charge in [0.2, 0.25) is 0 Å². The Morgan fingerprint density at radius 1 is 0.769 bits per heavy atom. The minimum absolute atomic E-state index is 0.918. The van der Waals surface area contributed by atoms with Crippen molar-refractivity contribution < 1.29 is 0 Å². The molecule has 0 bridgehead atoms. The summed E-state index contributed by atoms with van der Waals surface area (Å²) in [6.45, 7) is 4.49. The van der Waals surface area contributed by atoms with E-state index >= 15 is 0 Å². The van der Waals surface area contributed by atoms with E-state index in [1.54, 1.807) is 0 Å². The van der Waals surface area contributed by atoms with Crippen molar-refractivity contribution in [2.45, 2.75) is 104 Å². The Bertz CT molecular complexity index is 493. The standard InChI is InChI=1S/C24H40N2/c1-3-5-6-20-7-12-22(13-8-20)23-14-9-21(10-15-23)11-16-24-25-17-19(4-2)18-26-24/h17-18,20-23H,3-16H2,1-2H3/t20-,21-,22-,23-. The molecule has 2 nitrogen and oxygen atoms in total. The molecule has 1 aromatic heterocycles. The minimum atomic E-state index is 0.918. The van der Waals surface area contributed by atoms with Crippen LogP contribution in [0.25, 0.3) is 0 Å². The molecule has 0 amide bonds. The number of hydrogen-bond acceptors (Lipinski definition) is 2. The van der Waals surface area contributed by atoms with E-state index in [1.165, 1.54) is 82.6 Å². The van der Waals surface area contributed by atoms with Gasteiger partial charge >= 0.3 is 0 Å². The lowest BCUT2D eigenvalue weighted by Gasteiger charge is -2.38. The molecule has 1 aromatic rings. The van der Waals surface area contributed by atoms with Crippen LogP contribution in [0.1, 0.15) is 102 Å². The molecule has 0 unspecified atom stereocenters. The Hall–Kier alpha value is -0.920. The molecule has 0 atom stereocenters. The van der Waals surface area contributed by atoms with Gasteiger partial charge in [-0.15, -0.1) is 0 Å². The maximum atomic E-state index is 4.54. The Labute approximate surface area is 161 Å². The fraction of sp³-hybridized carbons (Fsp3) is 0.833. The third kappa shape index (κ3) is 5.79. The van der Waals surface area contributed by atoms with Gasteiger partial charge in [0.05, 0.1) is 0 Å². The van der Waals surface area contributed by atoms with Crippen LogP contribution in [0.4, 0.5) is 0 Å². The van der Waals surface area contributed by atoms with Crippen molar-refractivity contribution in [3.8, 4) is 0 Å². The van der Waals surface area contributed by atoms with Crippen molar-refractivity contribution in [1.29, 1.82) is 0 Å². The molecule has 0 aromatic carbocycles. The van der Waals surface area contributed by atoms with E-state index in [2.05, 4.69) is 23.8 Å². The van der Waals surface area contributed by atoms with E-state index in [0.29, 0.717) is 0 Å². The van der Waals surface area contributed by atoms with E-state index < -0.39 is 0 Å². The number of rotatable bonds is 8. The monoisotopic (exact) mass is 356 g/mol. The van der Waals surface area contributed by atoms with Gasteiger partial charge < -0.3 is 0 Å². The second kappa shape index (κ2) is 10.4. The van der Waals surface area contributed by atoms with Crippen molar-refractivity contribution in [1.82, 2.24) is 9.97 Å². The summed E-state index contributed by atoms with van der Waals surface area (Å²) in [5, 5.41) is 0. The van der Waals surface area contributed by atoms with Crippen LogP contribution in [-0.2, 0) is 12.8 Å². The summed E-state index contributed by atoms with van der Waals surface area (Å²) in [7, 11) is 0. The van der Waals surface area contributed by atoms with Gasteiger partial charge in [-0.25, -0.2) is 9.97 Å². The van der Waals surface area contributed by atoms with E-state index in [9.17, 15) is 0 Å². The molecule has 2 saturated carbocycles. The van der Waals surface area contributed by atoms with Crippen LogP contribution in [0.3, 0.4) is 0 Å². The number of unbranched alkanes of at least 4 members (excludes halogenated alkanes) is 1. The molecule has 0 N–H and O–H groups in total.